The number of carboxylic acids is 1. The van der Waals surface area contributed by atoms with Gasteiger partial charge in [0.25, 0.3) is 0 Å². The van der Waals surface area contributed by atoms with Gasteiger partial charge in [-0.05, 0) is 24.9 Å². The Kier molecular flexibility index (Phi) is 8.66. The van der Waals surface area contributed by atoms with Crippen LogP contribution >= 0.6 is 11.8 Å². The average molecular weight is 262 g/mol. The lowest BCUT2D eigenvalue weighted by Gasteiger charge is -2.21. The van der Waals surface area contributed by atoms with Crippen LogP contribution in [-0.4, -0.2) is 53.6 Å². The minimum Gasteiger partial charge on any atom is -0.480 e. The maximum atomic E-state index is 11.7. The summed E-state index contributed by atoms with van der Waals surface area (Å²) in [6.45, 7) is 2.70. The van der Waals surface area contributed by atoms with Crippen molar-refractivity contribution in [3.8, 4) is 0 Å². The van der Waals surface area contributed by atoms with Gasteiger partial charge < -0.3 is 15.3 Å². The zero-order valence-electron chi connectivity index (χ0n) is 10.7. The van der Waals surface area contributed by atoms with Gasteiger partial charge in [-0.2, -0.15) is 11.8 Å². The fourth-order valence-corrected chi connectivity index (χ4v) is 1.72. The van der Waals surface area contributed by atoms with Crippen molar-refractivity contribution in [3.63, 3.8) is 0 Å². The topological polar surface area (TPSA) is 69.6 Å². The number of rotatable bonds is 8. The Balaban J connectivity index is 4.15. The van der Waals surface area contributed by atoms with Crippen LogP contribution in [-0.2, 0) is 4.79 Å². The predicted octanol–water partition coefficient (Wildman–Crippen LogP) is 1.63. The predicted molar refractivity (Wildman–Crippen MR) is 70.5 cm³/mol. The number of thioether (sulfide) groups is 1. The molecule has 0 spiro atoms. The van der Waals surface area contributed by atoms with E-state index in [1.807, 2.05) is 13.2 Å². The molecule has 2 amide bonds. The molecular formula is C11H22N2O3S. The summed E-state index contributed by atoms with van der Waals surface area (Å²) < 4.78 is 0. The van der Waals surface area contributed by atoms with Gasteiger partial charge in [0.05, 0.1) is 0 Å². The molecule has 0 fully saturated rings. The lowest BCUT2D eigenvalue weighted by molar-refractivity contribution is -0.139. The van der Waals surface area contributed by atoms with E-state index in [1.165, 1.54) is 4.90 Å². The Bertz CT molecular complexity index is 249. The number of nitrogens with one attached hydrogen (secondary N) is 1. The SMILES string of the molecule is CCCCN(C)C(=O)NC(CCSC)C(=O)O. The number of hydrogen-bond donors (Lipinski definition) is 2. The molecule has 6 heteroatoms. The van der Waals surface area contributed by atoms with Gasteiger partial charge >= 0.3 is 12.0 Å². The number of nitrogens with zero attached hydrogens (tertiary/aromatic N) is 1. The number of aliphatic carboxylic acids is 1. The van der Waals surface area contributed by atoms with Crippen molar-refractivity contribution < 1.29 is 14.7 Å². The molecule has 0 aliphatic heterocycles. The molecular weight excluding hydrogens is 240 g/mol. The number of hydrogen-bond acceptors (Lipinski definition) is 3. The second kappa shape index (κ2) is 9.15. The third-order valence-electron chi connectivity index (χ3n) is 2.40. The maximum absolute atomic E-state index is 11.7. The van der Waals surface area contributed by atoms with Gasteiger partial charge in [0, 0.05) is 13.6 Å². The highest BCUT2D eigenvalue weighted by atomic mass is 32.2. The Morgan fingerprint density at radius 1 is 1.47 bits per heavy atom. The van der Waals surface area contributed by atoms with Crippen molar-refractivity contribution >= 4 is 23.8 Å². The van der Waals surface area contributed by atoms with E-state index in [9.17, 15) is 9.59 Å². The zero-order chi connectivity index (χ0) is 13.3. The van der Waals surface area contributed by atoms with Crippen LogP contribution in [0.5, 0.6) is 0 Å². The molecule has 2 N–H and O–H groups in total. The van der Waals surface area contributed by atoms with Gasteiger partial charge in [-0.15, -0.1) is 0 Å². The van der Waals surface area contributed by atoms with E-state index in [0.29, 0.717) is 13.0 Å². The van der Waals surface area contributed by atoms with E-state index in [2.05, 4.69) is 5.32 Å². The third kappa shape index (κ3) is 7.10. The Morgan fingerprint density at radius 2 is 2.12 bits per heavy atom. The van der Waals surface area contributed by atoms with Crippen LogP contribution in [0, 0.1) is 0 Å². The first-order valence-electron chi connectivity index (χ1n) is 5.76. The van der Waals surface area contributed by atoms with Crippen LogP contribution in [0.15, 0.2) is 0 Å². The van der Waals surface area contributed by atoms with E-state index < -0.39 is 12.0 Å². The highest BCUT2D eigenvalue weighted by Crippen LogP contribution is 2.02. The van der Waals surface area contributed by atoms with E-state index >= 15 is 0 Å². The minimum atomic E-state index is -0.976. The van der Waals surface area contributed by atoms with Crippen molar-refractivity contribution in [1.29, 1.82) is 0 Å². The standard InChI is InChI=1S/C11H22N2O3S/c1-4-5-7-13(2)11(16)12-9(10(14)15)6-8-17-3/h9H,4-8H2,1-3H3,(H,12,16)(H,14,15). The van der Waals surface area contributed by atoms with E-state index in [1.54, 1.807) is 18.8 Å². The van der Waals surface area contributed by atoms with Crippen LogP contribution in [0.25, 0.3) is 0 Å². The normalized spacial score (nSPS) is 11.9. The molecule has 0 saturated heterocycles. The summed E-state index contributed by atoms with van der Waals surface area (Å²) in [5, 5.41) is 11.5. The molecule has 100 valence electrons. The molecule has 5 nitrogen and oxygen atoms in total. The molecule has 1 atom stereocenters. The second-order valence-corrected chi connectivity index (χ2v) is 4.88. The summed E-state index contributed by atoms with van der Waals surface area (Å²) in [6, 6.07) is -1.11. The minimum absolute atomic E-state index is 0.313. The van der Waals surface area contributed by atoms with Crippen LogP contribution in [0.2, 0.25) is 0 Å². The first-order valence-corrected chi connectivity index (χ1v) is 7.15. The third-order valence-corrected chi connectivity index (χ3v) is 3.04. The monoisotopic (exact) mass is 262 g/mol. The first-order chi connectivity index (χ1) is 8.02. The van der Waals surface area contributed by atoms with E-state index in [0.717, 1.165) is 18.6 Å². The average Bonchev–Trinajstić information content (AvgIpc) is 2.30. The Labute approximate surface area is 107 Å². The van der Waals surface area contributed by atoms with Crippen molar-refractivity contribution in [1.82, 2.24) is 10.2 Å². The maximum Gasteiger partial charge on any atom is 0.326 e. The first kappa shape index (κ1) is 16.1. The molecule has 0 saturated carbocycles. The van der Waals surface area contributed by atoms with Crippen LogP contribution < -0.4 is 5.32 Å². The largest absolute Gasteiger partial charge is 0.480 e. The zero-order valence-corrected chi connectivity index (χ0v) is 11.5. The number of carbonyl (C=O) groups excluding carboxylic acids is 1. The Hall–Kier alpha value is -0.910. The summed E-state index contributed by atoms with van der Waals surface area (Å²) in [6.07, 6.45) is 4.29. The fourth-order valence-electron chi connectivity index (χ4n) is 1.25. The lowest BCUT2D eigenvalue weighted by atomic mass is 10.2. The van der Waals surface area contributed by atoms with Gasteiger partial charge in [0.1, 0.15) is 6.04 Å². The summed E-state index contributed by atoms with van der Waals surface area (Å²) in [7, 11) is 1.68. The van der Waals surface area contributed by atoms with Crippen molar-refractivity contribution in [3.05, 3.63) is 0 Å². The quantitative estimate of drug-likeness (QED) is 0.697. The number of carbonyl (C=O) groups is 2. The van der Waals surface area contributed by atoms with Gasteiger partial charge in [-0.25, -0.2) is 9.59 Å². The number of urea groups is 1. The molecule has 0 aliphatic carbocycles. The number of amides is 2. The van der Waals surface area contributed by atoms with Gasteiger partial charge in [-0.1, -0.05) is 13.3 Å². The summed E-state index contributed by atoms with van der Waals surface area (Å²) in [4.78, 5) is 24.1. The molecule has 1 unspecified atom stereocenters. The summed E-state index contributed by atoms with van der Waals surface area (Å²) in [5.41, 5.74) is 0. The highest BCUT2D eigenvalue weighted by molar-refractivity contribution is 7.98. The summed E-state index contributed by atoms with van der Waals surface area (Å²) >= 11 is 1.57. The molecule has 0 aromatic carbocycles. The van der Waals surface area contributed by atoms with E-state index in [4.69, 9.17) is 5.11 Å². The van der Waals surface area contributed by atoms with Crippen LogP contribution in [0.1, 0.15) is 26.2 Å². The number of carboxylic acid groups (broad SMARTS) is 1. The molecule has 0 aliphatic rings. The lowest BCUT2D eigenvalue weighted by Crippen LogP contribution is -2.47. The molecule has 0 aromatic heterocycles. The Morgan fingerprint density at radius 3 is 2.59 bits per heavy atom. The molecule has 0 bridgehead atoms. The van der Waals surface area contributed by atoms with Crippen LogP contribution in [0.4, 0.5) is 4.79 Å². The molecule has 0 rings (SSSR count). The number of unbranched alkanes of at least 4 members (excludes halogenated alkanes) is 1. The highest BCUT2D eigenvalue weighted by Gasteiger charge is 2.20. The molecule has 17 heavy (non-hydrogen) atoms. The molecule has 0 heterocycles. The molecule has 0 radical (unpaired) electrons. The second-order valence-electron chi connectivity index (χ2n) is 3.90. The van der Waals surface area contributed by atoms with Gasteiger partial charge in [0.15, 0.2) is 0 Å². The van der Waals surface area contributed by atoms with Crippen molar-refractivity contribution in [2.45, 2.75) is 32.2 Å². The van der Waals surface area contributed by atoms with E-state index in [-0.39, 0.29) is 6.03 Å². The smallest absolute Gasteiger partial charge is 0.326 e. The summed E-state index contributed by atoms with van der Waals surface area (Å²) in [5.74, 6) is -0.257. The van der Waals surface area contributed by atoms with Gasteiger partial charge in [0.2, 0.25) is 0 Å². The van der Waals surface area contributed by atoms with Crippen LogP contribution in [0.3, 0.4) is 0 Å². The fraction of sp³-hybridized carbons (Fsp3) is 0.818. The molecule has 0 aromatic rings. The van der Waals surface area contributed by atoms with Gasteiger partial charge in [-0.3, -0.25) is 0 Å². The van der Waals surface area contributed by atoms with Crippen molar-refractivity contribution in [2.75, 3.05) is 25.6 Å². The van der Waals surface area contributed by atoms with Crippen molar-refractivity contribution in [2.24, 2.45) is 0 Å².